The molecule has 7 nitrogen and oxygen atoms in total. The molecule has 1 aromatic heterocycles. The molecule has 1 unspecified atom stereocenters. The van der Waals surface area contributed by atoms with Gasteiger partial charge in [0.2, 0.25) is 12.2 Å². The Morgan fingerprint density at radius 3 is 2.31 bits per heavy atom. The van der Waals surface area contributed by atoms with E-state index < -0.39 is 18.1 Å². The predicted octanol–water partition coefficient (Wildman–Crippen LogP) is 3.98. The monoisotopic (exact) mass is 405 g/mol. The van der Waals surface area contributed by atoms with Crippen LogP contribution in [0, 0.1) is 6.92 Å². The molecular formula is C19H18F3N5O2. The number of nitrogens with zero attached hydrogens (tertiary/aromatic N) is 2. The third kappa shape index (κ3) is 5.48. The highest BCUT2D eigenvalue weighted by atomic mass is 19.4. The van der Waals surface area contributed by atoms with Gasteiger partial charge in [-0.3, -0.25) is 0 Å². The van der Waals surface area contributed by atoms with E-state index in [0.29, 0.717) is 11.4 Å². The van der Waals surface area contributed by atoms with Crippen LogP contribution in [0.15, 0.2) is 54.9 Å². The van der Waals surface area contributed by atoms with Crippen molar-refractivity contribution in [3.8, 4) is 11.6 Å². The standard InChI is InChI=1S/C19H18F3N5O2/c1-11-2-3-13(8-15(11)19(20,21)22)27-18(28)26-12-4-6-14(7-5-12)29-17-9-16(23)24-10-25-17/h2-10,18,26-28H,1H3,(H2,23,24,25). The third-order valence-electron chi connectivity index (χ3n) is 3.89. The van der Waals surface area contributed by atoms with E-state index in [1.54, 1.807) is 24.3 Å². The molecule has 0 fully saturated rings. The van der Waals surface area contributed by atoms with Crippen molar-refractivity contribution < 1.29 is 23.0 Å². The largest absolute Gasteiger partial charge is 0.439 e. The molecule has 1 atom stereocenters. The van der Waals surface area contributed by atoms with Crippen LogP contribution in [0.4, 0.5) is 30.4 Å². The number of aryl methyl sites for hydroxylation is 1. The number of nitrogen functional groups attached to an aromatic ring is 1. The van der Waals surface area contributed by atoms with Gasteiger partial charge in [0.15, 0.2) is 0 Å². The van der Waals surface area contributed by atoms with E-state index in [-0.39, 0.29) is 22.9 Å². The fourth-order valence-corrected chi connectivity index (χ4v) is 2.52. The number of ether oxygens (including phenoxy) is 1. The Kier molecular flexibility index (Phi) is 5.74. The van der Waals surface area contributed by atoms with E-state index in [0.717, 1.165) is 6.07 Å². The zero-order valence-corrected chi connectivity index (χ0v) is 15.2. The van der Waals surface area contributed by atoms with Crippen molar-refractivity contribution in [1.29, 1.82) is 0 Å². The number of alkyl halides is 3. The molecule has 0 spiro atoms. The molecule has 0 saturated carbocycles. The molecule has 10 heteroatoms. The van der Waals surface area contributed by atoms with Crippen LogP contribution in [0.3, 0.4) is 0 Å². The SMILES string of the molecule is Cc1ccc(NC(O)Nc2ccc(Oc3cc(N)ncn3)cc2)cc1C(F)(F)F. The number of nitrogens with two attached hydrogens (primary N) is 1. The van der Waals surface area contributed by atoms with Crippen LogP contribution >= 0.6 is 0 Å². The topological polar surface area (TPSA) is 105 Å². The summed E-state index contributed by atoms with van der Waals surface area (Å²) >= 11 is 0. The number of hydrogen-bond donors (Lipinski definition) is 4. The number of anilines is 3. The second-order valence-electron chi connectivity index (χ2n) is 6.13. The Bertz CT molecular complexity index is 980. The summed E-state index contributed by atoms with van der Waals surface area (Å²) in [7, 11) is 0. The van der Waals surface area contributed by atoms with Gasteiger partial charge < -0.3 is 26.2 Å². The molecule has 0 bridgehead atoms. The van der Waals surface area contributed by atoms with Crippen molar-refractivity contribution >= 4 is 17.2 Å². The number of nitrogens with one attached hydrogen (secondary N) is 2. The van der Waals surface area contributed by atoms with Crippen LogP contribution in [0.1, 0.15) is 11.1 Å². The molecule has 0 aliphatic rings. The van der Waals surface area contributed by atoms with Gasteiger partial charge in [-0.1, -0.05) is 6.07 Å². The van der Waals surface area contributed by atoms with E-state index in [1.165, 1.54) is 31.5 Å². The van der Waals surface area contributed by atoms with Gasteiger partial charge in [0.05, 0.1) is 5.56 Å². The van der Waals surface area contributed by atoms with Crippen molar-refractivity contribution in [3.05, 3.63) is 66.0 Å². The van der Waals surface area contributed by atoms with Crippen LogP contribution in [-0.2, 0) is 6.18 Å². The zero-order valence-electron chi connectivity index (χ0n) is 15.2. The number of halogens is 3. The summed E-state index contributed by atoms with van der Waals surface area (Å²) in [5.41, 5.74) is 5.54. The van der Waals surface area contributed by atoms with E-state index in [9.17, 15) is 18.3 Å². The second kappa shape index (κ2) is 8.23. The molecule has 3 aromatic rings. The van der Waals surface area contributed by atoms with Crippen molar-refractivity contribution in [3.63, 3.8) is 0 Å². The third-order valence-corrected chi connectivity index (χ3v) is 3.89. The number of aromatic nitrogens is 2. The van der Waals surface area contributed by atoms with Crippen molar-refractivity contribution in [2.45, 2.75) is 19.5 Å². The molecule has 5 N–H and O–H groups in total. The van der Waals surface area contributed by atoms with Crippen molar-refractivity contribution in [2.24, 2.45) is 0 Å². The first kappa shape index (κ1) is 20.2. The predicted molar refractivity (Wildman–Crippen MR) is 102 cm³/mol. The van der Waals surface area contributed by atoms with Crippen molar-refractivity contribution in [2.75, 3.05) is 16.4 Å². The minimum absolute atomic E-state index is 0.103. The van der Waals surface area contributed by atoms with Crippen LogP contribution in [-0.4, -0.2) is 21.4 Å². The molecule has 152 valence electrons. The fourth-order valence-electron chi connectivity index (χ4n) is 2.52. The number of benzene rings is 2. The summed E-state index contributed by atoms with van der Waals surface area (Å²) in [6.45, 7) is 1.38. The molecule has 2 aromatic carbocycles. The van der Waals surface area contributed by atoms with Gasteiger partial charge in [0.25, 0.3) is 0 Å². The molecule has 0 radical (unpaired) electrons. The lowest BCUT2D eigenvalue weighted by atomic mass is 10.1. The maximum atomic E-state index is 13.0. The van der Waals surface area contributed by atoms with Gasteiger partial charge in [-0.2, -0.15) is 13.2 Å². The summed E-state index contributed by atoms with van der Waals surface area (Å²) in [6.07, 6.45) is -4.51. The first-order valence-electron chi connectivity index (χ1n) is 8.45. The molecule has 0 saturated heterocycles. The number of aliphatic hydroxyl groups excluding tert-OH is 1. The highest BCUT2D eigenvalue weighted by Gasteiger charge is 2.32. The minimum atomic E-state index is -4.47. The number of hydrogen-bond acceptors (Lipinski definition) is 7. The number of aliphatic hydroxyl groups is 1. The highest BCUT2D eigenvalue weighted by Crippen LogP contribution is 2.33. The fraction of sp³-hybridized carbons (Fsp3) is 0.158. The van der Waals surface area contributed by atoms with Gasteiger partial charge in [0, 0.05) is 17.4 Å². The molecule has 3 rings (SSSR count). The van der Waals surface area contributed by atoms with Crippen LogP contribution in [0.25, 0.3) is 0 Å². The molecular weight excluding hydrogens is 387 g/mol. The molecule has 0 aliphatic heterocycles. The summed E-state index contributed by atoms with van der Waals surface area (Å²) in [6, 6.07) is 11.7. The maximum absolute atomic E-state index is 13.0. The molecule has 1 heterocycles. The van der Waals surface area contributed by atoms with Gasteiger partial charge in [-0.15, -0.1) is 0 Å². The first-order chi connectivity index (χ1) is 13.7. The number of rotatable bonds is 6. The first-order valence-corrected chi connectivity index (χ1v) is 8.45. The minimum Gasteiger partial charge on any atom is -0.439 e. The van der Waals surface area contributed by atoms with E-state index in [1.807, 2.05) is 0 Å². The Morgan fingerprint density at radius 1 is 1.00 bits per heavy atom. The quantitative estimate of drug-likeness (QED) is 0.460. The average molecular weight is 405 g/mol. The average Bonchev–Trinajstić information content (AvgIpc) is 2.64. The highest BCUT2D eigenvalue weighted by molar-refractivity contribution is 5.53. The summed E-state index contributed by atoms with van der Waals surface area (Å²) in [5.74, 6) is 1.02. The maximum Gasteiger partial charge on any atom is 0.416 e. The van der Waals surface area contributed by atoms with Gasteiger partial charge in [-0.25, -0.2) is 9.97 Å². The summed E-state index contributed by atoms with van der Waals surface area (Å²) in [5, 5.41) is 15.4. The lowest BCUT2D eigenvalue weighted by Gasteiger charge is -2.19. The van der Waals surface area contributed by atoms with Gasteiger partial charge >= 0.3 is 6.18 Å². The van der Waals surface area contributed by atoms with Crippen LogP contribution in [0.5, 0.6) is 11.6 Å². The van der Waals surface area contributed by atoms with Gasteiger partial charge in [-0.05, 0) is 48.9 Å². The summed E-state index contributed by atoms with van der Waals surface area (Å²) in [4.78, 5) is 7.69. The Hall–Kier alpha value is -3.53. The van der Waals surface area contributed by atoms with E-state index >= 15 is 0 Å². The zero-order chi connectivity index (χ0) is 21.0. The van der Waals surface area contributed by atoms with E-state index in [4.69, 9.17) is 10.5 Å². The van der Waals surface area contributed by atoms with Crippen LogP contribution < -0.4 is 21.1 Å². The Labute approximate surface area is 164 Å². The second-order valence-corrected chi connectivity index (χ2v) is 6.13. The lowest BCUT2D eigenvalue weighted by Crippen LogP contribution is -2.28. The Balaban J connectivity index is 1.62. The molecule has 0 aliphatic carbocycles. The molecule has 0 amide bonds. The smallest absolute Gasteiger partial charge is 0.416 e. The summed E-state index contributed by atoms with van der Waals surface area (Å²) < 4.78 is 44.5. The normalized spacial score (nSPS) is 12.3. The van der Waals surface area contributed by atoms with Crippen LogP contribution in [0.2, 0.25) is 0 Å². The van der Waals surface area contributed by atoms with Crippen molar-refractivity contribution in [1.82, 2.24) is 9.97 Å². The Morgan fingerprint density at radius 2 is 1.66 bits per heavy atom. The lowest BCUT2D eigenvalue weighted by molar-refractivity contribution is -0.138. The van der Waals surface area contributed by atoms with E-state index in [2.05, 4.69) is 20.6 Å². The van der Waals surface area contributed by atoms with Gasteiger partial charge in [0.1, 0.15) is 17.9 Å². The molecule has 29 heavy (non-hydrogen) atoms.